The van der Waals surface area contributed by atoms with Crippen molar-refractivity contribution in [3.63, 3.8) is 0 Å². The second-order valence-electron chi connectivity index (χ2n) is 6.47. The maximum absolute atomic E-state index is 12.8. The van der Waals surface area contributed by atoms with Gasteiger partial charge >= 0.3 is 12.1 Å². The Balaban J connectivity index is 2.17. The fraction of sp³-hybridized carbons (Fsp3) is 0.304. The predicted molar refractivity (Wildman–Crippen MR) is 111 cm³/mol. The molecule has 0 aromatic heterocycles. The van der Waals surface area contributed by atoms with Crippen LogP contribution in [0.1, 0.15) is 30.9 Å². The highest BCUT2D eigenvalue weighted by Crippen LogP contribution is 2.17. The zero-order valence-electron chi connectivity index (χ0n) is 16.3. The number of carbonyl (C=O) groups is 2. The van der Waals surface area contributed by atoms with Crippen LogP contribution in [-0.2, 0) is 17.7 Å². The smallest absolute Gasteiger partial charge is 0.415 e. The molecule has 28 heavy (non-hydrogen) atoms. The number of hydrogen-bond donors (Lipinski definition) is 1. The Hall–Kier alpha value is -3.08. The van der Waals surface area contributed by atoms with Gasteiger partial charge in [0.15, 0.2) is 0 Å². The Morgan fingerprint density at radius 2 is 1.68 bits per heavy atom. The highest BCUT2D eigenvalue weighted by atomic mass is 16.5. The van der Waals surface area contributed by atoms with E-state index in [0.717, 1.165) is 18.4 Å². The number of alkyl carbamates (subject to hydrolysis) is 1. The van der Waals surface area contributed by atoms with Gasteiger partial charge in [0.25, 0.3) is 0 Å². The number of aryl methyl sites for hydroxylation is 1. The van der Waals surface area contributed by atoms with E-state index in [0.29, 0.717) is 13.0 Å². The summed E-state index contributed by atoms with van der Waals surface area (Å²) in [5.74, 6) is 0. The Morgan fingerprint density at radius 1 is 1.07 bits per heavy atom. The minimum absolute atomic E-state index is 0.0904. The molecule has 0 saturated carbocycles. The average Bonchev–Trinajstić information content (AvgIpc) is 2.71. The number of nitrogens with one attached hydrogen (secondary N) is 1. The summed E-state index contributed by atoms with van der Waals surface area (Å²) in [7, 11) is 0. The van der Waals surface area contributed by atoms with Crippen LogP contribution in [-0.4, -0.2) is 29.7 Å². The first-order valence-corrected chi connectivity index (χ1v) is 9.57. The first-order chi connectivity index (χ1) is 13.6. The number of amides is 3. The maximum atomic E-state index is 12.8. The number of imide groups is 1. The molecule has 148 valence electrons. The molecule has 0 heterocycles. The average molecular weight is 380 g/mol. The zero-order valence-corrected chi connectivity index (χ0v) is 16.3. The van der Waals surface area contributed by atoms with Gasteiger partial charge in [-0.3, -0.25) is 0 Å². The lowest BCUT2D eigenvalue weighted by Crippen LogP contribution is -2.47. The monoisotopic (exact) mass is 380 g/mol. The van der Waals surface area contributed by atoms with E-state index in [9.17, 15) is 9.59 Å². The van der Waals surface area contributed by atoms with Gasteiger partial charge in [-0.05, 0) is 37.3 Å². The van der Waals surface area contributed by atoms with Crippen LogP contribution in [0.2, 0.25) is 0 Å². The van der Waals surface area contributed by atoms with Crippen LogP contribution in [0.5, 0.6) is 0 Å². The van der Waals surface area contributed by atoms with Crippen molar-refractivity contribution in [2.45, 2.75) is 38.8 Å². The molecule has 1 N–H and O–H groups in total. The molecule has 3 amide bonds. The van der Waals surface area contributed by atoms with Crippen molar-refractivity contribution in [1.29, 1.82) is 0 Å². The van der Waals surface area contributed by atoms with Crippen LogP contribution < -0.4 is 5.32 Å². The van der Waals surface area contributed by atoms with E-state index < -0.39 is 12.1 Å². The molecule has 0 aliphatic heterocycles. The molecule has 1 unspecified atom stereocenters. The van der Waals surface area contributed by atoms with Gasteiger partial charge in [0.05, 0.1) is 6.61 Å². The molecule has 2 aromatic carbocycles. The predicted octanol–water partition coefficient (Wildman–Crippen LogP) is 4.93. The van der Waals surface area contributed by atoms with E-state index in [-0.39, 0.29) is 12.6 Å². The van der Waals surface area contributed by atoms with Gasteiger partial charge in [0.1, 0.15) is 0 Å². The van der Waals surface area contributed by atoms with Gasteiger partial charge in [-0.25, -0.2) is 14.9 Å². The number of ether oxygens (including phenoxy) is 1. The van der Waals surface area contributed by atoms with Crippen molar-refractivity contribution in [3.05, 3.63) is 84.4 Å². The Kier molecular flexibility index (Phi) is 8.79. The first-order valence-electron chi connectivity index (χ1n) is 9.57. The molecule has 0 fully saturated rings. The first kappa shape index (κ1) is 21.2. The van der Waals surface area contributed by atoms with Gasteiger partial charge in [-0.2, -0.15) is 0 Å². The lowest BCUT2D eigenvalue weighted by molar-refractivity contribution is 0.138. The zero-order chi connectivity index (χ0) is 20.2. The molecule has 0 aliphatic rings. The summed E-state index contributed by atoms with van der Waals surface area (Å²) in [5, 5.41) is 2.33. The van der Waals surface area contributed by atoms with E-state index in [4.69, 9.17) is 4.74 Å². The van der Waals surface area contributed by atoms with Crippen LogP contribution in [0.4, 0.5) is 9.59 Å². The van der Waals surface area contributed by atoms with Crippen molar-refractivity contribution in [1.82, 2.24) is 10.2 Å². The van der Waals surface area contributed by atoms with E-state index in [1.807, 2.05) is 54.6 Å². The summed E-state index contributed by atoms with van der Waals surface area (Å²) in [5.41, 5.74) is 2.21. The summed E-state index contributed by atoms with van der Waals surface area (Å²) in [6, 6.07) is 19.3. The summed E-state index contributed by atoms with van der Waals surface area (Å²) in [6.07, 6.45) is 3.31. The van der Waals surface area contributed by atoms with Crippen LogP contribution in [0, 0.1) is 0 Å². The molecule has 5 heteroatoms. The van der Waals surface area contributed by atoms with Crippen molar-refractivity contribution in [3.8, 4) is 0 Å². The van der Waals surface area contributed by atoms with Crippen LogP contribution in [0.15, 0.2) is 73.3 Å². The number of benzene rings is 2. The van der Waals surface area contributed by atoms with Crippen LogP contribution in [0.3, 0.4) is 0 Å². The highest BCUT2D eigenvalue weighted by molar-refractivity contribution is 5.90. The summed E-state index contributed by atoms with van der Waals surface area (Å²) >= 11 is 0. The van der Waals surface area contributed by atoms with E-state index in [2.05, 4.69) is 24.0 Å². The van der Waals surface area contributed by atoms with Crippen molar-refractivity contribution >= 4 is 12.1 Å². The molecule has 0 aliphatic carbocycles. The fourth-order valence-electron chi connectivity index (χ4n) is 3.04. The summed E-state index contributed by atoms with van der Waals surface area (Å²) in [4.78, 5) is 26.3. The molecule has 2 aromatic rings. The quantitative estimate of drug-likeness (QED) is 0.627. The molecule has 0 spiro atoms. The van der Waals surface area contributed by atoms with Gasteiger partial charge in [0.2, 0.25) is 0 Å². The highest BCUT2D eigenvalue weighted by Gasteiger charge is 2.25. The van der Waals surface area contributed by atoms with Crippen LogP contribution in [0.25, 0.3) is 0 Å². The third-order valence-electron chi connectivity index (χ3n) is 4.43. The largest absolute Gasteiger partial charge is 0.450 e. The summed E-state index contributed by atoms with van der Waals surface area (Å²) < 4.78 is 4.86. The van der Waals surface area contributed by atoms with Crippen molar-refractivity contribution in [2.75, 3.05) is 6.61 Å². The molecular formula is C23H28N2O3. The third-order valence-corrected chi connectivity index (χ3v) is 4.43. The SMILES string of the molecule is C=CCC(CCc1ccccc1)N(Cc1ccccc1)C(=O)NC(=O)OCC. The van der Waals surface area contributed by atoms with Gasteiger partial charge < -0.3 is 9.64 Å². The molecule has 0 bridgehead atoms. The number of urea groups is 1. The van der Waals surface area contributed by atoms with E-state index >= 15 is 0 Å². The minimum Gasteiger partial charge on any atom is -0.450 e. The minimum atomic E-state index is -0.731. The van der Waals surface area contributed by atoms with Gasteiger partial charge in [0, 0.05) is 12.6 Å². The third kappa shape index (κ3) is 6.91. The molecule has 5 nitrogen and oxygen atoms in total. The molecular weight excluding hydrogens is 352 g/mol. The van der Waals surface area contributed by atoms with E-state index in [1.165, 1.54) is 5.56 Å². The molecule has 0 radical (unpaired) electrons. The number of nitrogens with zero attached hydrogens (tertiary/aromatic N) is 1. The lowest BCUT2D eigenvalue weighted by atomic mass is 10.0. The Labute approximate surface area is 167 Å². The topological polar surface area (TPSA) is 58.6 Å². The molecule has 1 atom stereocenters. The van der Waals surface area contributed by atoms with Gasteiger partial charge in [-0.1, -0.05) is 66.7 Å². The Morgan fingerprint density at radius 3 is 2.25 bits per heavy atom. The van der Waals surface area contributed by atoms with Crippen LogP contribution >= 0.6 is 0 Å². The number of carbonyl (C=O) groups excluding carboxylic acids is 2. The molecule has 2 rings (SSSR count). The van der Waals surface area contributed by atoms with Gasteiger partial charge in [-0.15, -0.1) is 6.58 Å². The standard InChI is InChI=1S/C23H28N2O3/c1-3-11-21(17-16-19-12-7-5-8-13-19)25(18-20-14-9-6-10-15-20)22(26)24-23(27)28-4-2/h3,5-10,12-15,21H,1,4,11,16-18H2,2H3,(H,24,26,27). The second-order valence-corrected chi connectivity index (χ2v) is 6.47. The summed E-state index contributed by atoms with van der Waals surface area (Å²) in [6.45, 7) is 6.16. The van der Waals surface area contributed by atoms with Crippen molar-refractivity contribution < 1.29 is 14.3 Å². The maximum Gasteiger partial charge on any atom is 0.415 e. The molecule has 0 saturated heterocycles. The van der Waals surface area contributed by atoms with E-state index in [1.54, 1.807) is 11.8 Å². The number of hydrogen-bond acceptors (Lipinski definition) is 3. The second kappa shape index (κ2) is 11.6. The lowest BCUT2D eigenvalue weighted by Gasteiger charge is -2.31. The Bertz CT molecular complexity index is 747. The normalized spacial score (nSPS) is 11.3. The van der Waals surface area contributed by atoms with Crippen molar-refractivity contribution in [2.24, 2.45) is 0 Å². The number of rotatable bonds is 9. The fourth-order valence-corrected chi connectivity index (χ4v) is 3.04.